The van der Waals surface area contributed by atoms with E-state index in [-0.39, 0.29) is 0 Å². The first-order valence-electron chi connectivity index (χ1n) is 6.96. The molecule has 0 aliphatic carbocycles. The van der Waals surface area contributed by atoms with Crippen LogP contribution in [0.25, 0.3) is 6.08 Å². The molecule has 0 saturated heterocycles. The van der Waals surface area contributed by atoms with Crippen molar-refractivity contribution in [1.82, 2.24) is 0 Å². The van der Waals surface area contributed by atoms with Crippen molar-refractivity contribution in [2.45, 2.75) is 13.8 Å². The number of carbonyl (C=O) groups is 1. The van der Waals surface area contributed by atoms with Crippen molar-refractivity contribution < 1.29 is 9.90 Å². The smallest absolute Gasteiger partial charge is 0.328 e. The molecule has 0 saturated carbocycles. The fourth-order valence-electron chi connectivity index (χ4n) is 2.31. The Hall–Kier alpha value is -2.55. The molecule has 0 fully saturated rings. The van der Waals surface area contributed by atoms with Gasteiger partial charge in [0.25, 0.3) is 0 Å². The Morgan fingerprint density at radius 1 is 1.19 bits per heavy atom. The molecule has 0 heterocycles. The van der Waals surface area contributed by atoms with Crippen LogP contribution in [0.5, 0.6) is 0 Å². The molecule has 0 aromatic heterocycles. The van der Waals surface area contributed by atoms with E-state index in [1.165, 1.54) is 6.08 Å². The molecule has 0 aliphatic rings. The lowest BCUT2D eigenvalue weighted by molar-refractivity contribution is -0.131. The summed E-state index contributed by atoms with van der Waals surface area (Å²) in [4.78, 5) is 12.9. The van der Waals surface area contributed by atoms with Crippen LogP contribution in [-0.2, 0) is 4.79 Å². The second-order valence-electron chi connectivity index (χ2n) is 4.81. The third kappa shape index (κ3) is 3.72. The molecule has 0 amide bonds. The van der Waals surface area contributed by atoms with Gasteiger partial charge in [0.2, 0.25) is 0 Å². The number of carboxylic acid groups (broad SMARTS) is 1. The number of nitrogens with zero attached hydrogens (tertiary/aromatic N) is 1. The molecular weight excluding hydrogens is 262 g/mol. The summed E-state index contributed by atoms with van der Waals surface area (Å²) in [6.45, 7) is 4.89. The summed E-state index contributed by atoms with van der Waals surface area (Å²) in [5.74, 6) is -0.940. The van der Waals surface area contributed by atoms with E-state index in [0.717, 1.165) is 29.0 Å². The molecule has 0 aliphatic heterocycles. The van der Waals surface area contributed by atoms with E-state index in [2.05, 4.69) is 11.8 Å². The predicted octanol–water partition coefficient (Wildman–Crippen LogP) is 4.25. The summed E-state index contributed by atoms with van der Waals surface area (Å²) >= 11 is 0. The SMILES string of the molecule is CCN(c1ccccc1)c1ccc(C)cc1/C=C/C(=O)O. The predicted molar refractivity (Wildman–Crippen MR) is 87.0 cm³/mol. The molecule has 1 N–H and O–H groups in total. The number of anilines is 2. The third-order valence-electron chi connectivity index (χ3n) is 3.26. The van der Waals surface area contributed by atoms with Gasteiger partial charge in [-0.15, -0.1) is 0 Å². The summed E-state index contributed by atoms with van der Waals surface area (Å²) in [5, 5.41) is 8.85. The molecule has 3 heteroatoms. The van der Waals surface area contributed by atoms with Gasteiger partial charge in [-0.1, -0.05) is 29.8 Å². The first-order chi connectivity index (χ1) is 10.1. The molecule has 2 aromatic carbocycles. The number of aliphatic carboxylic acids is 1. The Kier molecular flexibility index (Phi) is 4.77. The van der Waals surface area contributed by atoms with Crippen molar-refractivity contribution in [3.8, 4) is 0 Å². The fourth-order valence-corrected chi connectivity index (χ4v) is 2.31. The Morgan fingerprint density at radius 2 is 1.90 bits per heavy atom. The maximum Gasteiger partial charge on any atom is 0.328 e. The van der Waals surface area contributed by atoms with Crippen LogP contribution in [0.4, 0.5) is 11.4 Å². The summed E-state index contributed by atoms with van der Waals surface area (Å²) < 4.78 is 0. The molecule has 0 unspecified atom stereocenters. The van der Waals surface area contributed by atoms with E-state index in [1.54, 1.807) is 6.08 Å². The molecule has 0 radical (unpaired) electrons. The minimum Gasteiger partial charge on any atom is -0.478 e. The van der Waals surface area contributed by atoms with Crippen molar-refractivity contribution in [3.63, 3.8) is 0 Å². The zero-order valence-electron chi connectivity index (χ0n) is 12.3. The maximum atomic E-state index is 10.8. The van der Waals surface area contributed by atoms with Gasteiger partial charge in [-0.05, 0) is 49.8 Å². The second kappa shape index (κ2) is 6.75. The van der Waals surface area contributed by atoms with Crippen LogP contribution in [0.15, 0.2) is 54.6 Å². The van der Waals surface area contributed by atoms with Gasteiger partial charge in [0, 0.05) is 24.0 Å². The van der Waals surface area contributed by atoms with Crippen LogP contribution < -0.4 is 4.90 Å². The Bertz CT molecular complexity index is 648. The fraction of sp³-hybridized carbons (Fsp3) is 0.167. The molecule has 3 nitrogen and oxygen atoms in total. The van der Waals surface area contributed by atoms with Crippen molar-refractivity contribution >= 4 is 23.4 Å². The number of rotatable bonds is 5. The quantitative estimate of drug-likeness (QED) is 0.833. The van der Waals surface area contributed by atoms with Crippen LogP contribution in [0, 0.1) is 6.92 Å². The van der Waals surface area contributed by atoms with Crippen molar-refractivity contribution in [1.29, 1.82) is 0 Å². The monoisotopic (exact) mass is 281 g/mol. The Morgan fingerprint density at radius 3 is 2.52 bits per heavy atom. The highest BCUT2D eigenvalue weighted by Crippen LogP contribution is 2.29. The van der Waals surface area contributed by atoms with E-state index in [9.17, 15) is 4.79 Å². The molecule has 2 rings (SSSR count). The largest absolute Gasteiger partial charge is 0.478 e. The molecule has 0 bridgehead atoms. The number of hydrogen-bond donors (Lipinski definition) is 1. The maximum absolute atomic E-state index is 10.8. The Balaban J connectivity index is 2.48. The first kappa shape index (κ1) is 14.9. The standard InChI is InChI=1S/C18H19NO2/c1-3-19(16-7-5-4-6-8-16)17-11-9-14(2)13-15(17)10-12-18(20)21/h4-13H,3H2,1-2H3,(H,20,21)/b12-10+. The van der Waals surface area contributed by atoms with E-state index in [1.807, 2.05) is 55.5 Å². The highest BCUT2D eigenvalue weighted by molar-refractivity contribution is 5.87. The molecular formula is C18H19NO2. The van der Waals surface area contributed by atoms with Gasteiger partial charge in [-0.2, -0.15) is 0 Å². The van der Waals surface area contributed by atoms with Crippen molar-refractivity contribution in [2.24, 2.45) is 0 Å². The highest BCUT2D eigenvalue weighted by Gasteiger charge is 2.10. The van der Waals surface area contributed by atoms with Crippen LogP contribution in [-0.4, -0.2) is 17.6 Å². The average Bonchev–Trinajstić information content (AvgIpc) is 2.48. The van der Waals surface area contributed by atoms with E-state index >= 15 is 0 Å². The van der Waals surface area contributed by atoms with Gasteiger partial charge in [-0.3, -0.25) is 0 Å². The lowest BCUT2D eigenvalue weighted by Gasteiger charge is -2.25. The minimum absolute atomic E-state index is 0.807. The Labute approximate surface area is 125 Å². The normalized spacial score (nSPS) is 10.8. The first-order valence-corrected chi connectivity index (χ1v) is 6.96. The zero-order chi connectivity index (χ0) is 15.2. The van der Waals surface area contributed by atoms with Gasteiger partial charge in [0.15, 0.2) is 0 Å². The van der Waals surface area contributed by atoms with Gasteiger partial charge in [0.1, 0.15) is 0 Å². The molecule has 2 aromatic rings. The van der Waals surface area contributed by atoms with Gasteiger partial charge in [-0.25, -0.2) is 4.79 Å². The lowest BCUT2D eigenvalue weighted by Crippen LogP contribution is -2.17. The van der Waals surface area contributed by atoms with E-state index in [0.29, 0.717) is 0 Å². The number of aryl methyl sites for hydroxylation is 1. The van der Waals surface area contributed by atoms with Gasteiger partial charge in [0.05, 0.1) is 0 Å². The minimum atomic E-state index is -0.940. The topological polar surface area (TPSA) is 40.5 Å². The second-order valence-corrected chi connectivity index (χ2v) is 4.81. The highest BCUT2D eigenvalue weighted by atomic mass is 16.4. The molecule has 0 atom stereocenters. The summed E-state index contributed by atoms with van der Waals surface area (Å²) in [5.41, 5.74) is 4.11. The third-order valence-corrected chi connectivity index (χ3v) is 3.26. The number of benzene rings is 2. The summed E-state index contributed by atoms with van der Waals surface area (Å²) in [6.07, 6.45) is 2.83. The van der Waals surface area contributed by atoms with Gasteiger partial charge >= 0.3 is 5.97 Å². The van der Waals surface area contributed by atoms with Gasteiger partial charge < -0.3 is 10.0 Å². The van der Waals surface area contributed by atoms with Crippen molar-refractivity contribution in [3.05, 3.63) is 65.7 Å². The number of carboxylic acids is 1. The van der Waals surface area contributed by atoms with E-state index in [4.69, 9.17) is 5.11 Å². The lowest BCUT2D eigenvalue weighted by atomic mass is 10.1. The summed E-state index contributed by atoms with van der Waals surface area (Å²) in [7, 11) is 0. The molecule has 108 valence electrons. The summed E-state index contributed by atoms with van der Waals surface area (Å²) in [6, 6.07) is 16.2. The number of para-hydroxylation sites is 1. The van der Waals surface area contributed by atoms with E-state index < -0.39 is 5.97 Å². The molecule has 21 heavy (non-hydrogen) atoms. The van der Waals surface area contributed by atoms with Crippen LogP contribution in [0.2, 0.25) is 0 Å². The molecule has 0 spiro atoms. The average molecular weight is 281 g/mol. The van der Waals surface area contributed by atoms with Crippen LogP contribution in [0.3, 0.4) is 0 Å². The van der Waals surface area contributed by atoms with Crippen LogP contribution >= 0.6 is 0 Å². The zero-order valence-corrected chi connectivity index (χ0v) is 12.3. The number of hydrogen-bond acceptors (Lipinski definition) is 2. The van der Waals surface area contributed by atoms with Crippen LogP contribution in [0.1, 0.15) is 18.1 Å². The van der Waals surface area contributed by atoms with Crippen molar-refractivity contribution in [2.75, 3.05) is 11.4 Å².